The van der Waals surface area contributed by atoms with Crippen molar-refractivity contribution in [3.8, 4) is 0 Å². The molecule has 0 radical (unpaired) electrons. The number of nitrogens with zero attached hydrogens (tertiary/aromatic N) is 1. The molecule has 30 heavy (non-hydrogen) atoms. The fourth-order valence-electron chi connectivity index (χ4n) is 2.76. The Morgan fingerprint density at radius 2 is 1.50 bits per heavy atom. The van der Waals surface area contributed by atoms with Gasteiger partial charge in [0.25, 0.3) is 10.0 Å². The third-order valence-corrected chi connectivity index (χ3v) is 6.85. The molecule has 3 aromatic carbocycles. The molecule has 0 aromatic heterocycles. The summed E-state index contributed by atoms with van der Waals surface area (Å²) in [5, 5.41) is 4.89. The van der Waals surface area contributed by atoms with Crippen molar-refractivity contribution in [1.82, 2.24) is 4.83 Å². The first-order valence-corrected chi connectivity index (χ1v) is 12.5. The van der Waals surface area contributed by atoms with Gasteiger partial charge in [-0.2, -0.15) is 30.1 Å². The fourth-order valence-corrected chi connectivity index (χ4v) is 4.33. The van der Waals surface area contributed by atoms with Crippen LogP contribution >= 0.6 is 23.4 Å². The number of rotatable bonds is 8. The third kappa shape index (κ3) is 5.88. The maximum absolute atomic E-state index is 12.7. The molecular formula is C23H23ClN2O2S2. The van der Waals surface area contributed by atoms with Crippen LogP contribution in [0.25, 0.3) is 0 Å². The summed E-state index contributed by atoms with van der Waals surface area (Å²) in [6.07, 6.45) is 0. The van der Waals surface area contributed by atoms with Crippen LogP contribution in [0.1, 0.15) is 29.2 Å². The van der Waals surface area contributed by atoms with Crippen LogP contribution in [0.2, 0.25) is 5.02 Å². The molecule has 1 N–H and O–H groups in total. The van der Waals surface area contributed by atoms with Crippen LogP contribution in [0.3, 0.4) is 0 Å². The van der Waals surface area contributed by atoms with Crippen LogP contribution in [0.15, 0.2) is 82.8 Å². The van der Waals surface area contributed by atoms with Gasteiger partial charge in [-0.05, 0) is 42.5 Å². The molecular weight excluding hydrogens is 436 g/mol. The molecule has 0 fully saturated rings. The van der Waals surface area contributed by atoms with Gasteiger partial charge in [0.15, 0.2) is 0 Å². The Labute approximate surface area is 187 Å². The fraction of sp³-hybridized carbons (Fsp3) is 0.174. The van der Waals surface area contributed by atoms with Crippen molar-refractivity contribution < 1.29 is 8.42 Å². The quantitative estimate of drug-likeness (QED) is 0.351. The van der Waals surface area contributed by atoms with E-state index in [2.05, 4.69) is 16.9 Å². The lowest BCUT2D eigenvalue weighted by molar-refractivity contribution is 0.584. The second-order valence-electron chi connectivity index (χ2n) is 6.71. The minimum Gasteiger partial charge on any atom is -0.200 e. The number of halogens is 1. The van der Waals surface area contributed by atoms with Gasteiger partial charge < -0.3 is 0 Å². The molecule has 0 aliphatic carbocycles. The Hall–Kier alpha value is -2.28. The van der Waals surface area contributed by atoms with Gasteiger partial charge in [-0.3, -0.25) is 0 Å². The van der Waals surface area contributed by atoms with E-state index in [1.807, 2.05) is 55.1 Å². The summed E-state index contributed by atoms with van der Waals surface area (Å²) in [5.41, 5.74) is 4.30. The zero-order valence-corrected chi connectivity index (χ0v) is 19.2. The summed E-state index contributed by atoms with van der Waals surface area (Å²) in [4.78, 5) is 2.54. The number of thioether (sulfide) groups is 1. The SMILES string of the molecule is CCSCc1ccc(C(=NNS(=O)(=O)c2ccc(C)cc2)c2ccc(Cl)cc2)cc1. The van der Waals surface area contributed by atoms with Gasteiger partial charge in [0.2, 0.25) is 0 Å². The summed E-state index contributed by atoms with van der Waals surface area (Å²) in [6, 6.07) is 21.8. The van der Waals surface area contributed by atoms with Gasteiger partial charge in [-0.25, -0.2) is 0 Å². The van der Waals surface area contributed by atoms with Crippen molar-refractivity contribution in [2.24, 2.45) is 5.10 Å². The number of nitrogens with one attached hydrogen (secondary N) is 1. The predicted molar refractivity (Wildman–Crippen MR) is 127 cm³/mol. The van der Waals surface area contributed by atoms with Gasteiger partial charge in [0, 0.05) is 21.9 Å². The molecule has 3 aromatic rings. The number of sulfonamides is 1. The maximum atomic E-state index is 12.7. The zero-order valence-electron chi connectivity index (χ0n) is 16.8. The predicted octanol–water partition coefficient (Wildman–Crippen LogP) is 5.63. The average Bonchev–Trinajstić information content (AvgIpc) is 2.74. The Morgan fingerprint density at radius 3 is 2.07 bits per heavy atom. The summed E-state index contributed by atoms with van der Waals surface area (Å²) in [6.45, 7) is 4.04. The Bertz CT molecular complexity index is 1110. The van der Waals surface area contributed by atoms with Crippen LogP contribution in [0.4, 0.5) is 0 Å². The van der Waals surface area contributed by atoms with Crippen molar-refractivity contribution in [3.63, 3.8) is 0 Å². The second kappa shape index (κ2) is 10.2. The molecule has 0 amide bonds. The van der Waals surface area contributed by atoms with Crippen molar-refractivity contribution >= 4 is 39.1 Å². The van der Waals surface area contributed by atoms with Crippen LogP contribution in [0, 0.1) is 6.92 Å². The van der Waals surface area contributed by atoms with E-state index in [0.29, 0.717) is 10.7 Å². The van der Waals surface area contributed by atoms with Crippen molar-refractivity contribution in [1.29, 1.82) is 0 Å². The molecule has 4 nitrogen and oxygen atoms in total. The van der Waals surface area contributed by atoms with E-state index < -0.39 is 10.0 Å². The first kappa shape index (κ1) is 22.4. The number of hydrogen-bond acceptors (Lipinski definition) is 4. The van der Waals surface area contributed by atoms with E-state index in [4.69, 9.17) is 11.6 Å². The lowest BCUT2D eigenvalue weighted by Gasteiger charge is -2.10. The van der Waals surface area contributed by atoms with Crippen molar-refractivity contribution in [2.75, 3.05) is 5.75 Å². The summed E-state index contributed by atoms with van der Waals surface area (Å²) >= 11 is 7.87. The summed E-state index contributed by atoms with van der Waals surface area (Å²) in [7, 11) is -3.78. The van der Waals surface area contributed by atoms with Gasteiger partial charge in [0.1, 0.15) is 0 Å². The zero-order chi connectivity index (χ0) is 21.6. The number of benzene rings is 3. The van der Waals surface area contributed by atoms with Crippen LogP contribution < -0.4 is 4.83 Å². The van der Waals surface area contributed by atoms with Crippen LogP contribution in [-0.2, 0) is 15.8 Å². The highest BCUT2D eigenvalue weighted by Crippen LogP contribution is 2.18. The van der Waals surface area contributed by atoms with E-state index in [1.54, 1.807) is 36.4 Å². The molecule has 0 aliphatic heterocycles. The number of aryl methyl sites for hydroxylation is 1. The second-order valence-corrected chi connectivity index (χ2v) is 10.1. The highest BCUT2D eigenvalue weighted by Gasteiger charge is 2.15. The van der Waals surface area contributed by atoms with E-state index >= 15 is 0 Å². The normalized spacial score (nSPS) is 12.0. The van der Waals surface area contributed by atoms with Gasteiger partial charge >= 0.3 is 0 Å². The molecule has 0 aliphatic rings. The molecule has 0 spiro atoms. The Kier molecular flexibility index (Phi) is 7.58. The molecule has 7 heteroatoms. The molecule has 0 bridgehead atoms. The largest absolute Gasteiger partial charge is 0.276 e. The van der Waals surface area contributed by atoms with E-state index in [1.165, 1.54) is 5.56 Å². The highest BCUT2D eigenvalue weighted by molar-refractivity contribution is 7.98. The summed E-state index contributed by atoms with van der Waals surface area (Å²) < 4.78 is 25.4. The molecule has 0 atom stereocenters. The first-order chi connectivity index (χ1) is 14.4. The smallest absolute Gasteiger partial charge is 0.200 e. The molecule has 0 heterocycles. The minimum absolute atomic E-state index is 0.166. The topological polar surface area (TPSA) is 58.5 Å². The summed E-state index contributed by atoms with van der Waals surface area (Å²) in [5.74, 6) is 1.99. The van der Waals surface area contributed by atoms with Gasteiger partial charge in [0.05, 0.1) is 10.6 Å². The highest BCUT2D eigenvalue weighted by atomic mass is 35.5. The first-order valence-electron chi connectivity index (χ1n) is 9.48. The van der Waals surface area contributed by atoms with Gasteiger partial charge in [-0.1, -0.05) is 72.6 Å². The Balaban J connectivity index is 1.95. The molecule has 0 saturated carbocycles. The monoisotopic (exact) mass is 458 g/mol. The van der Waals surface area contributed by atoms with Crippen molar-refractivity contribution in [3.05, 3.63) is 100 Å². The lowest BCUT2D eigenvalue weighted by atomic mass is 10.0. The van der Waals surface area contributed by atoms with Crippen molar-refractivity contribution in [2.45, 2.75) is 24.5 Å². The number of hydrazone groups is 1. The average molecular weight is 459 g/mol. The van der Waals surface area contributed by atoms with E-state index in [-0.39, 0.29) is 4.90 Å². The van der Waals surface area contributed by atoms with E-state index in [0.717, 1.165) is 28.2 Å². The molecule has 156 valence electrons. The molecule has 0 unspecified atom stereocenters. The van der Waals surface area contributed by atoms with Gasteiger partial charge in [-0.15, -0.1) is 0 Å². The third-order valence-electron chi connectivity index (χ3n) is 4.43. The minimum atomic E-state index is -3.78. The van der Waals surface area contributed by atoms with E-state index in [9.17, 15) is 8.42 Å². The molecule has 3 rings (SSSR count). The molecule has 0 saturated heterocycles. The standard InChI is InChI=1S/C23H23ClN2O2S2/c1-3-29-16-18-6-8-19(9-7-18)23(20-10-12-21(24)13-11-20)25-26-30(27,28)22-14-4-17(2)5-15-22/h4-15,26H,3,16H2,1-2H3. The van der Waals surface area contributed by atoms with Crippen LogP contribution in [0.5, 0.6) is 0 Å². The maximum Gasteiger partial charge on any atom is 0.276 e. The van der Waals surface area contributed by atoms with Crippen LogP contribution in [-0.4, -0.2) is 19.9 Å². The number of hydrogen-bond donors (Lipinski definition) is 1. The Morgan fingerprint density at radius 1 is 0.933 bits per heavy atom. The lowest BCUT2D eigenvalue weighted by Crippen LogP contribution is -2.21.